The smallest absolute Gasteiger partial charge is 0.235 e. The zero-order valence-corrected chi connectivity index (χ0v) is 18.5. The molecule has 2 nitrogen and oxygen atoms in total. The molecule has 0 saturated carbocycles. The molecule has 0 saturated heterocycles. The van der Waals surface area contributed by atoms with Crippen LogP contribution >= 0.6 is 54.5 Å². The first-order valence-electron chi connectivity index (χ1n) is 5.56. The molecule has 1 aromatic carbocycles. The Bertz CT molecular complexity index is 521. The van der Waals surface area contributed by atoms with Crippen molar-refractivity contribution >= 4 is 66.1 Å². The fourth-order valence-electron chi connectivity index (χ4n) is 1.88. The van der Waals surface area contributed by atoms with Gasteiger partial charge in [-0.25, -0.2) is 6.08 Å². The second-order valence-corrected chi connectivity index (χ2v) is 7.18. The van der Waals surface area contributed by atoms with Crippen molar-refractivity contribution in [1.82, 2.24) is 4.90 Å². The topological polar surface area (TPSA) is 20.3 Å². The van der Waals surface area contributed by atoms with Gasteiger partial charge in [0.15, 0.2) is 0 Å². The third-order valence-electron chi connectivity index (χ3n) is 2.76. The molecule has 1 heterocycles. The Kier molecular flexibility index (Phi) is 7.71. The summed E-state index contributed by atoms with van der Waals surface area (Å²) in [6.45, 7) is 2.66. The van der Waals surface area contributed by atoms with Crippen molar-refractivity contribution in [1.29, 1.82) is 0 Å². The van der Waals surface area contributed by atoms with Crippen LogP contribution in [0.4, 0.5) is 0 Å². The first kappa shape index (κ1) is 18.3. The molecular weight excluding hydrogens is 562 g/mol. The fourth-order valence-corrected chi connectivity index (χ4v) is 3.68. The van der Waals surface area contributed by atoms with E-state index in [9.17, 15) is 4.79 Å². The van der Waals surface area contributed by atoms with Gasteiger partial charge in [-0.05, 0) is 6.92 Å². The van der Waals surface area contributed by atoms with Gasteiger partial charge < -0.3 is 4.90 Å². The van der Waals surface area contributed by atoms with Gasteiger partial charge in [0.05, 0.1) is 3.92 Å². The molecule has 99 valence electrons. The summed E-state index contributed by atoms with van der Waals surface area (Å²) in [7, 11) is 0. The third-order valence-corrected chi connectivity index (χ3v) is 4.88. The van der Waals surface area contributed by atoms with Gasteiger partial charge in [0.25, 0.3) is 0 Å². The zero-order chi connectivity index (χ0) is 13.3. The number of nitrogens with zero attached hydrogens (tertiary/aromatic N) is 1. The number of amides is 1. The second-order valence-electron chi connectivity index (χ2n) is 3.90. The number of benzene rings is 1. The normalized spacial score (nSPS) is 18.9. The minimum Gasteiger partial charge on any atom is -0.347 e. The van der Waals surface area contributed by atoms with Crippen LogP contribution in [0.2, 0.25) is 0 Å². The van der Waals surface area contributed by atoms with E-state index in [1.807, 2.05) is 25.1 Å². The molecule has 1 unspecified atom stereocenters. The largest absolute Gasteiger partial charge is 0.347 e. The minimum atomic E-state index is 0. The van der Waals surface area contributed by atoms with E-state index >= 15 is 0 Å². The van der Waals surface area contributed by atoms with Crippen LogP contribution in [0.3, 0.4) is 0 Å². The van der Waals surface area contributed by atoms with E-state index in [4.69, 9.17) is 0 Å². The number of hydrogen-bond acceptors (Lipinski definition) is 1. The van der Waals surface area contributed by atoms with Crippen LogP contribution in [0.15, 0.2) is 27.1 Å². The standard InChI is InChI=1S/C13H11Br2INO.Y/c1-2-17-12(6-5-11(16)13(17)18)9-4-3-8(14)7-10(9)15;/h3-4,7,11H,2,5H2,1H3;/q-1;. The maximum atomic E-state index is 12.2. The summed E-state index contributed by atoms with van der Waals surface area (Å²) >= 11 is 9.15. The van der Waals surface area contributed by atoms with E-state index in [1.165, 1.54) is 0 Å². The van der Waals surface area contributed by atoms with Gasteiger partial charge in [0.2, 0.25) is 5.91 Å². The van der Waals surface area contributed by atoms with E-state index in [0.29, 0.717) is 13.0 Å². The van der Waals surface area contributed by atoms with Crippen molar-refractivity contribution in [2.75, 3.05) is 6.54 Å². The molecule has 1 radical (unpaired) electrons. The predicted octanol–water partition coefficient (Wildman–Crippen LogP) is 4.41. The molecule has 0 aromatic heterocycles. The van der Waals surface area contributed by atoms with Crippen LogP contribution in [0, 0.1) is 6.08 Å². The van der Waals surface area contributed by atoms with Gasteiger partial charge in [0, 0.05) is 43.7 Å². The Morgan fingerprint density at radius 3 is 2.74 bits per heavy atom. The maximum absolute atomic E-state index is 12.2. The molecule has 0 fully saturated rings. The van der Waals surface area contributed by atoms with Crippen molar-refractivity contribution in [3.63, 3.8) is 0 Å². The summed E-state index contributed by atoms with van der Waals surface area (Å²) < 4.78 is 1.98. The molecule has 1 atom stereocenters. The van der Waals surface area contributed by atoms with Crippen LogP contribution in [-0.4, -0.2) is 21.3 Å². The quantitative estimate of drug-likeness (QED) is 0.292. The summed E-state index contributed by atoms with van der Waals surface area (Å²) in [4.78, 5) is 14.0. The van der Waals surface area contributed by atoms with Gasteiger partial charge in [-0.15, -0.1) is 17.3 Å². The van der Waals surface area contributed by atoms with Gasteiger partial charge >= 0.3 is 0 Å². The molecule has 0 aliphatic carbocycles. The van der Waals surface area contributed by atoms with Gasteiger partial charge in [-0.2, -0.15) is 0 Å². The van der Waals surface area contributed by atoms with E-state index in [1.54, 1.807) is 4.90 Å². The zero-order valence-electron chi connectivity index (χ0n) is 10.3. The molecule has 1 amide bonds. The Morgan fingerprint density at radius 1 is 1.47 bits per heavy atom. The molecule has 19 heavy (non-hydrogen) atoms. The maximum Gasteiger partial charge on any atom is 0.235 e. The first-order valence-corrected chi connectivity index (χ1v) is 8.39. The first-order chi connectivity index (χ1) is 8.54. The molecular formula is C13H11Br2INOY-. The third kappa shape index (κ3) is 4.12. The van der Waals surface area contributed by atoms with Crippen molar-refractivity contribution in [2.24, 2.45) is 0 Å². The number of alkyl halides is 1. The van der Waals surface area contributed by atoms with Crippen LogP contribution in [0.5, 0.6) is 0 Å². The number of allylic oxidation sites excluding steroid dienone is 1. The number of halogens is 3. The minimum absolute atomic E-state index is 0. The SMILES string of the molecule is CCN1C(=O)C(I)C[C-]=C1c1ccc(Br)cc1Br.[Y]. The Morgan fingerprint density at radius 2 is 2.16 bits per heavy atom. The van der Waals surface area contributed by atoms with E-state index in [0.717, 1.165) is 20.2 Å². The summed E-state index contributed by atoms with van der Waals surface area (Å²) in [5.74, 6) is 0.168. The van der Waals surface area contributed by atoms with E-state index < -0.39 is 0 Å². The molecule has 1 aromatic rings. The van der Waals surface area contributed by atoms with Crippen LogP contribution in [-0.2, 0) is 37.5 Å². The summed E-state index contributed by atoms with van der Waals surface area (Å²) in [6, 6.07) is 5.96. The number of carbonyl (C=O) groups excluding carboxylic acids is 1. The summed E-state index contributed by atoms with van der Waals surface area (Å²) in [5.41, 5.74) is 1.89. The summed E-state index contributed by atoms with van der Waals surface area (Å²) in [5, 5.41) is 0. The molecule has 1 aliphatic heterocycles. The van der Waals surface area contributed by atoms with Crippen molar-refractivity contribution in [2.45, 2.75) is 17.3 Å². The Labute approximate surface area is 169 Å². The average molecular weight is 573 g/mol. The van der Waals surface area contributed by atoms with Crippen molar-refractivity contribution in [3.05, 3.63) is 38.8 Å². The van der Waals surface area contributed by atoms with Gasteiger partial charge in [-0.1, -0.05) is 77.5 Å². The molecule has 0 bridgehead atoms. The van der Waals surface area contributed by atoms with E-state index in [2.05, 4.69) is 60.5 Å². The Hall–Kier alpha value is 1.22. The molecule has 1 aliphatic rings. The Balaban J connectivity index is 0.00000180. The number of hydrogen-bond donors (Lipinski definition) is 0. The molecule has 6 heteroatoms. The molecule has 0 spiro atoms. The number of rotatable bonds is 2. The van der Waals surface area contributed by atoms with Crippen LogP contribution < -0.4 is 0 Å². The molecule has 2 rings (SSSR count). The fraction of sp³-hybridized carbons (Fsp3) is 0.308. The van der Waals surface area contributed by atoms with Gasteiger partial charge in [-0.3, -0.25) is 4.79 Å². The number of carbonyl (C=O) groups is 1. The van der Waals surface area contributed by atoms with Gasteiger partial charge in [0.1, 0.15) is 0 Å². The monoisotopic (exact) mass is 571 g/mol. The van der Waals surface area contributed by atoms with Crippen molar-refractivity contribution < 1.29 is 37.5 Å². The molecule has 0 N–H and O–H groups in total. The van der Waals surface area contributed by atoms with Crippen LogP contribution in [0.1, 0.15) is 18.9 Å². The second kappa shape index (κ2) is 8.01. The summed E-state index contributed by atoms with van der Waals surface area (Å²) in [6.07, 6.45) is 4.02. The predicted molar refractivity (Wildman–Crippen MR) is 88.3 cm³/mol. The van der Waals surface area contributed by atoms with Crippen LogP contribution in [0.25, 0.3) is 5.70 Å². The van der Waals surface area contributed by atoms with E-state index in [-0.39, 0.29) is 42.5 Å². The average Bonchev–Trinajstić information content (AvgIpc) is 2.33. The van der Waals surface area contributed by atoms with Crippen molar-refractivity contribution in [3.8, 4) is 0 Å².